The van der Waals surface area contributed by atoms with Crippen LogP contribution in [0.5, 0.6) is 0 Å². The van der Waals surface area contributed by atoms with E-state index in [1.165, 1.54) is 12.3 Å². The maximum Gasteiger partial charge on any atom is 0.433 e. The number of alkyl halides is 3. The zero-order chi connectivity index (χ0) is 19.4. The summed E-state index contributed by atoms with van der Waals surface area (Å²) in [4.78, 5) is 22.0. The number of thioether (sulfide) groups is 1. The van der Waals surface area contributed by atoms with Crippen molar-refractivity contribution in [3.05, 3.63) is 30.2 Å². The summed E-state index contributed by atoms with van der Waals surface area (Å²) in [6, 6.07) is 4.20. The molecule has 0 spiro atoms. The van der Waals surface area contributed by atoms with Gasteiger partial charge in [-0.3, -0.25) is 4.79 Å². The first-order valence-electron chi connectivity index (χ1n) is 8.77. The summed E-state index contributed by atoms with van der Waals surface area (Å²) in [5.74, 6) is 0.580. The number of carbonyl (C=O) groups excluding carboxylic acids is 1. The number of rotatable bonds is 5. The molecule has 0 N–H and O–H groups in total. The summed E-state index contributed by atoms with van der Waals surface area (Å²) in [5, 5.41) is -0.0179. The molecule has 0 bridgehead atoms. The van der Waals surface area contributed by atoms with Gasteiger partial charge in [-0.1, -0.05) is 11.8 Å². The lowest BCUT2D eigenvalue weighted by atomic mass is 10.0. The van der Waals surface area contributed by atoms with Gasteiger partial charge in [-0.2, -0.15) is 13.2 Å². The number of nitrogens with zero attached hydrogens (tertiary/aromatic N) is 3. The van der Waals surface area contributed by atoms with Crippen molar-refractivity contribution in [3.63, 3.8) is 0 Å². The number of piperidine rings is 1. The third-order valence-corrected chi connectivity index (χ3v) is 5.29. The van der Waals surface area contributed by atoms with Gasteiger partial charge in [-0.05, 0) is 44.4 Å². The zero-order valence-corrected chi connectivity index (χ0v) is 15.6. The minimum atomic E-state index is -4.58. The van der Waals surface area contributed by atoms with Crippen LogP contribution in [0.15, 0.2) is 34.0 Å². The van der Waals surface area contributed by atoms with Crippen LogP contribution in [0, 0.1) is 0 Å². The van der Waals surface area contributed by atoms with E-state index in [-0.39, 0.29) is 35.0 Å². The fourth-order valence-corrected chi connectivity index (χ4v) is 3.81. The predicted molar refractivity (Wildman–Crippen MR) is 95.1 cm³/mol. The SMILES string of the molecule is C[C@@H]1CCCCN1C(=O)CCSc1nc(-c2ccco2)cc(C(F)(F)F)n1. The number of halogens is 3. The molecule has 27 heavy (non-hydrogen) atoms. The second-order valence-electron chi connectivity index (χ2n) is 6.43. The number of likely N-dealkylation sites (tertiary alicyclic amines) is 1. The fourth-order valence-electron chi connectivity index (χ4n) is 3.03. The average molecular weight is 399 g/mol. The Balaban J connectivity index is 1.69. The summed E-state index contributed by atoms with van der Waals surface area (Å²) < 4.78 is 44.6. The topological polar surface area (TPSA) is 59.2 Å². The van der Waals surface area contributed by atoms with Gasteiger partial charge in [-0.25, -0.2) is 9.97 Å². The maximum atomic E-state index is 13.1. The number of amides is 1. The van der Waals surface area contributed by atoms with Crippen molar-refractivity contribution in [2.24, 2.45) is 0 Å². The number of carbonyl (C=O) groups is 1. The molecule has 2 aromatic heterocycles. The molecule has 0 aromatic carbocycles. The Morgan fingerprint density at radius 3 is 2.85 bits per heavy atom. The Hall–Kier alpha value is -2.03. The lowest BCUT2D eigenvalue weighted by molar-refractivity contribution is -0.141. The fraction of sp³-hybridized carbons (Fsp3) is 0.500. The molecule has 0 aliphatic carbocycles. The van der Waals surface area contributed by atoms with Gasteiger partial charge in [0.05, 0.1) is 6.26 Å². The standard InChI is InChI=1S/C18H20F3N3O2S/c1-12-5-2-3-8-24(12)16(25)7-10-27-17-22-13(14-6-4-9-26-14)11-15(23-17)18(19,20)21/h4,6,9,11-12H,2-3,5,7-8,10H2,1H3/t12-/m1/s1. The lowest BCUT2D eigenvalue weighted by Gasteiger charge is -2.33. The highest BCUT2D eigenvalue weighted by molar-refractivity contribution is 7.99. The molecule has 9 heteroatoms. The molecule has 1 aliphatic heterocycles. The van der Waals surface area contributed by atoms with Crippen LogP contribution < -0.4 is 0 Å². The van der Waals surface area contributed by atoms with E-state index in [1.807, 2.05) is 11.8 Å². The van der Waals surface area contributed by atoms with Gasteiger partial charge in [0.25, 0.3) is 0 Å². The highest BCUT2D eigenvalue weighted by Crippen LogP contribution is 2.32. The first-order chi connectivity index (χ1) is 12.8. The Labute approximate surface area is 159 Å². The first-order valence-corrected chi connectivity index (χ1v) is 9.75. The Bertz CT molecular complexity index is 781. The van der Waals surface area contributed by atoms with E-state index in [9.17, 15) is 18.0 Å². The number of aromatic nitrogens is 2. The Morgan fingerprint density at radius 1 is 1.37 bits per heavy atom. The normalized spacial score (nSPS) is 17.9. The summed E-state index contributed by atoms with van der Waals surface area (Å²) >= 11 is 1.04. The van der Waals surface area contributed by atoms with E-state index in [4.69, 9.17) is 4.42 Å². The largest absolute Gasteiger partial charge is 0.463 e. The van der Waals surface area contributed by atoms with E-state index in [2.05, 4.69) is 9.97 Å². The van der Waals surface area contributed by atoms with Crippen LogP contribution >= 0.6 is 11.8 Å². The third-order valence-electron chi connectivity index (χ3n) is 4.44. The van der Waals surface area contributed by atoms with Crippen LogP contribution in [-0.4, -0.2) is 39.1 Å². The van der Waals surface area contributed by atoms with Gasteiger partial charge in [0.15, 0.2) is 10.9 Å². The van der Waals surface area contributed by atoms with Crippen molar-refractivity contribution < 1.29 is 22.4 Å². The van der Waals surface area contributed by atoms with Crippen molar-refractivity contribution in [1.82, 2.24) is 14.9 Å². The molecule has 1 fully saturated rings. The number of hydrogen-bond donors (Lipinski definition) is 0. The molecule has 0 unspecified atom stereocenters. The van der Waals surface area contributed by atoms with Gasteiger partial charge < -0.3 is 9.32 Å². The summed E-state index contributed by atoms with van der Waals surface area (Å²) in [5.41, 5.74) is -0.955. The smallest absolute Gasteiger partial charge is 0.433 e. The van der Waals surface area contributed by atoms with Crippen LogP contribution in [0.3, 0.4) is 0 Å². The monoisotopic (exact) mass is 399 g/mol. The minimum Gasteiger partial charge on any atom is -0.463 e. The van der Waals surface area contributed by atoms with Crippen LogP contribution in [-0.2, 0) is 11.0 Å². The van der Waals surface area contributed by atoms with Crippen molar-refractivity contribution in [2.75, 3.05) is 12.3 Å². The first kappa shape index (κ1) is 19.7. The van der Waals surface area contributed by atoms with Crippen LogP contribution in [0.2, 0.25) is 0 Å². The minimum absolute atomic E-state index is 0.0179. The average Bonchev–Trinajstić information content (AvgIpc) is 3.16. The molecule has 3 rings (SSSR count). The van der Waals surface area contributed by atoms with Gasteiger partial charge in [0.1, 0.15) is 11.4 Å². The Morgan fingerprint density at radius 2 is 2.19 bits per heavy atom. The molecule has 1 saturated heterocycles. The van der Waals surface area contributed by atoms with Gasteiger partial charge in [0.2, 0.25) is 5.91 Å². The van der Waals surface area contributed by atoms with Gasteiger partial charge >= 0.3 is 6.18 Å². The van der Waals surface area contributed by atoms with Crippen LogP contribution in [0.1, 0.15) is 38.3 Å². The lowest BCUT2D eigenvalue weighted by Crippen LogP contribution is -2.42. The summed E-state index contributed by atoms with van der Waals surface area (Å²) in [7, 11) is 0. The molecular formula is C18H20F3N3O2S. The molecule has 2 aromatic rings. The van der Waals surface area contributed by atoms with Crippen molar-refractivity contribution >= 4 is 17.7 Å². The molecule has 0 saturated carbocycles. The molecule has 0 radical (unpaired) electrons. The zero-order valence-electron chi connectivity index (χ0n) is 14.8. The van der Waals surface area contributed by atoms with Crippen molar-refractivity contribution in [3.8, 4) is 11.5 Å². The van der Waals surface area contributed by atoms with E-state index in [0.717, 1.165) is 43.6 Å². The molecule has 1 atom stereocenters. The third kappa shape index (κ3) is 5.03. The Kier molecular flexibility index (Phi) is 6.08. The second-order valence-corrected chi connectivity index (χ2v) is 7.49. The summed E-state index contributed by atoms with van der Waals surface area (Å²) in [6.45, 7) is 2.77. The molecule has 3 heterocycles. The van der Waals surface area contributed by atoms with E-state index in [0.29, 0.717) is 5.75 Å². The van der Waals surface area contributed by atoms with E-state index < -0.39 is 11.9 Å². The highest BCUT2D eigenvalue weighted by Gasteiger charge is 2.34. The second kappa shape index (κ2) is 8.33. The van der Waals surface area contributed by atoms with Crippen LogP contribution in [0.25, 0.3) is 11.5 Å². The number of hydrogen-bond acceptors (Lipinski definition) is 5. The predicted octanol–water partition coefficient (Wildman–Crippen LogP) is 4.64. The highest BCUT2D eigenvalue weighted by atomic mass is 32.2. The van der Waals surface area contributed by atoms with Gasteiger partial charge in [0, 0.05) is 24.8 Å². The molecular weight excluding hydrogens is 379 g/mol. The molecule has 146 valence electrons. The van der Waals surface area contributed by atoms with Crippen LogP contribution in [0.4, 0.5) is 13.2 Å². The van der Waals surface area contributed by atoms with Crippen molar-refractivity contribution in [1.29, 1.82) is 0 Å². The van der Waals surface area contributed by atoms with Gasteiger partial charge in [-0.15, -0.1) is 0 Å². The van der Waals surface area contributed by atoms with E-state index >= 15 is 0 Å². The maximum absolute atomic E-state index is 13.1. The molecule has 5 nitrogen and oxygen atoms in total. The molecule has 1 aliphatic rings. The summed E-state index contributed by atoms with van der Waals surface area (Å²) in [6.07, 6.45) is 0.126. The van der Waals surface area contributed by atoms with E-state index in [1.54, 1.807) is 6.07 Å². The molecule has 1 amide bonds. The quantitative estimate of drug-likeness (QED) is 0.542. The number of furan rings is 1. The van der Waals surface area contributed by atoms with Crippen molar-refractivity contribution in [2.45, 2.75) is 50.0 Å².